The SMILES string of the molecule is CC(C)(C)C(=O)CC[NH+]1CCCCC1. The molecular weight excluding hydrogens is 174 g/mol. The van der Waals surface area contributed by atoms with Crippen LogP contribution in [0.2, 0.25) is 0 Å². The second-order valence-electron chi connectivity index (χ2n) is 5.48. The summed E-state index contributed by atoms with van der Waals surface area (Å²) >= 11 is 0. The molecule has 1 heterocycles. The summed E-state index contributed by atoms with van der Waals surface area (Å²) in [5, 5.41) is 0. The van der Waals surface area contributed by atoms with Gasteiger partial charge < -0.3 is 4.90 Å². The predicted octanol–water partition coefficient (Wildman–Crippen LogP) is 1.06. The van der Waals surface area contributed by atoms with Crippen molar-refractivity contribution in [2.75, 3.05) is 19.6 Å². The minimum atomic E-state index is -0.144. The molecule has 1 rings (SSSR count). The van der Waals surface area contributed by atoms with E-state index in [0.717, 1.165) is 13.0 Å². The van der Waals surface area contributed by atoms with Crippen molar-refractivity contribution in [2.45, 2.75) is 46.5 Å². The van der Waals surface area contributed by atoms with Gasteiger partial charge in [-0.05, 0) is 19.3 Å². The van der Waals surface area contributed by atoms with Crippen LogP contribution in [0.15, 0.2) is 0 Å². The number of rotatable bonds is 3. The molecule has 0 unspecified atom stereocenters. The van der Waals surface area contributed by atoms with Crippen LogP contribution in [-0.2, 0) is 4.79 Å². The Hall–Kier alpha value is -0.370. The van der Waals surface area contributed by atoms with E-state index in [1.165, 1.54) is 32.4 Å². The van der Waals surface area contributed by atoms with Crippen LogP contribution in [-0.4, -0.2) is 25.4 Å². The van der Waals surface area contributed by atoms with E-state index in [-0.39, 0.29) is 5.41 Å². The third-order valence-corrected chi connectivity index (χ3v) is 3.10. The number of hydrogen-bond donors (Lipinski definition) is 1. The summed E-state index contributed by atoms with van der Waals surface area (Å²) in [7, 11) is 0. The highest BCUT2D eigenvalue weighted by Crippen LogP contribution is 2.15. The Morgan fingerprint density at radius 1 is 1.14 bits per heavy atom. The van der Waals surface area contributed by atoms with E-state index in [1.54, 1.807) is 4.90 Å². The first-order valence-electron chi connectivity index (χ1n) is 5.87. The average Bonchev–Trinajstić information content (AvgIpc) is 2.14. The standard InChI is InChI=1S/C12H23NO/c1-12(2,3)11(14)7-10-13-8-5-4-6-9-13/h4-10H2,1-3H3/p+1. The van der Waals surface area contributed by atoms with Crippen molar-refractivity contribution < 1.29 is 9.69 Å². The minimum absolute atomic E-state index is 0.144. The molecule has 0 aromatic carbocycles. The molecule has 2 nitrogen and oxygen atoms in total. The third kappa shape index (κ3) is 3.79. The van der Waals surface area contributed by atoms with Crippen LogP contribution in [0.4, 0.5) is 0 Å². The van der Waals surface area contributed by atoms with Crippen LogP contribution in [0, 0.1) is 5.41 Å². The van der Waals surface area contributed by atoms with Gasteiger partial charge in [-0.25, -0.2) is 0 Å². The summed E-state index contributed by atoms with van der Waals surface area (Å²) in [5.74, 6) is 0.413. The normalized spacial score (nSPS) is 19.6. The Kier molecular flexibility index (Phi) is 4.11. The van der Waals surface area contributed by atoms with Crippen LogP contribution in [0.3, 0.4) is 0 Å². The predicted molar refractivity (Wildman–Crippen MR) is 58.5 cm³/mol. The first kappa shape index (κ1) is 11.7. The number of nitrogens with one attached hydrogen (secondary N) is 1. The Bertz CT molecular complexity index is 187. The van der Waals surface area contributed by atoms with E-state index in [0.29, 0.717) is 5.78 Å². The van der Waals surface area contributed by atoms with E-state index in [9.17, 15) is 4.79 Å². The summed E-state index contributed by atoms with van der Waals surface area (Å²) in [6.07, 6.45) is 4.84. The zero-order valence-electron chi connectivity index (χ0n) is 9.86. The van der Waals surface area contributed by atoms with Crippen molar-refractivity contribution in [1.82, 2.24) is 0 Å². The maximum Gasteiger partial charge on any atom is 0.143 e. The van der Waals surface area contributed by atoms with Crippen LogP contribution >= 0.6 is 0 Å². The maximum atomic E-state index is 11.7. The van der Waals surface area contributed by atoms with Crippen LogP contribution in [0.1, 0.15) is 46.5 Å². The van der Waals surface area contributed by atoms with Gasteiger partial charge in [-0.2, -0.15) is 0 Å². The van der Waals surface area contributed by atoms with Crippen molar-refractivity contribution in [2.24, 2.45) is 5.41 Å². The van der Waals surface area contributed by atoms with Crippen LogP contribution in [0.5, 0.6) is 0 Å². The van der Waals surface area contributed by atoms with Gasteiger partial charge in [-0.15, -0.1) is 0 Å². The molecule has 1 N–H and O–H groups in total. The fourth-order valence-electron chi connectivity index (χ4n) is 1.97. The molecule has 2 heteroatoms. The lowest BCUT2D eigenvalue weighted by Crippen LogP contribution is -3.12. The van der Waals surface area contributed by atoms with Gasteiger partial charge in [-0.1, -0.05) is 20.8 Å². The van der Waals surface area contributed by atoms with Crippen LogP contribution in [0.25, 0.3) is 0 Å². The highest BCUT2D eigenvalue weighted by molar-refractivity contribution is 5.83. The van der Waals surface area contributed by atoms with Gasteiger partial charge in [0.1, 0.15) is 5.78 Å². The third-order valence-electron chi connectivity index (χ3n) is 3.10. The van der Waals surface area contributed by atoms with Gasteiger partial charge >= 0.3 is 0 Å². The van der Waals surface area contributed by atoms with E-state index < -0.39 is 0 Å². The number of Topliss-reactive ketones (excluding diaryl/α,β-unsaturated/α-hetero) is 1. The number of hydrogen-bond acceptors (Lipinski definition) is 1. The molecule has 82 valence electrons. The van der Waals surface area contributed by atoms with Gasteiger partial charge in [0.25, 0.3) is 0 Å². The van der Waals surface area contributed by atoms with Gasteiger partial charge in [0.2, 0.25) is 0 Å². The Morgan fingerprint density at radius 2 is 1.71 bits per heavy atom. The van der Waals surface area contributed by atoms with Crippen molar-refractivity contribution in [3.8, 4) is 0 Å². The Morgan fingerprint density at radius 3 is 2.21 bits per heavy atom. The number of piperidine rings is 1. The lowest BCUT2D eigenvalue weighted by molar-refractivity contribution is -0.904. The maximum absolute atomic E-state index is 11.7. The van der Waals surface area contributed by atoms with Gasteiger partial charge in [-0.3, -0.25) is 4.79 Å². The van der Waals surface area contributed by atoms with Gasteiger partial charge in [0, 0.05) is 5.41 Å². The lowest BCUT2D eigenvalue weighted by Gasteiger charge is -2.24. The highest BCUT2D eigenvalue weighted by atomic mass is 16.1. The number of likely N-dealkylation sites (tertiary alicyclic amines) is 1. The van der Waals surface area contributed by atoms with E-state index in [1.807, 2.05) is 20.8 Å². The second-order valence-corrected chi connectivity index (χ2v) is 5.48. The molecule has 1 saturated heterocycles. The first-order chi connectivity index (χ1) is 6.50. The Balaban J connectivity index is 2.22. The van der Waals surface area contributed by atoms with E-state index in [2.05, 4.69) is 0 Å². The van der Waals surface area contributed by atoms with Gasteiger partial charge in [0.15, 0.2) is 0 Å². The largest absolute Gasteiger partial charge is 0.335 e. The molecule has 0 radical (unpaired) electrons. The summed E-state index contributed by atoms with van der Waals surface area (Å²) < 4.78 is 0. The quantitative estimate of drug-likeness (QED) is 0.719. The lowest BCUT2D eigenvalue weighted by atomic mass is 9.89. The number of quaternary nitrogens is 1. The summed E-state index contributed by atoms with van der Waals surface area (Å²) in [6.45, 7) is 9.65. The molecular formula is C12H24NO+. The molecule has 1 fully saturated rings. The van der Waals surface area contributed by atoms with E-state index in [4.69, 9.17) is 0 Å². The number of ketones is 1. The molecule has 0 aliphatic carbocycles. The Labute approximate surface area is 87.7 Å². The average molecular weight is 198 g/mol. The zero-order valence-corrected chi connectivity index (χ0v) is 9.86. The molecule has 1 aliphatic rings. The topological polar surface area (TPSA) is 21.5 Å². The summed E-state index contributed by atoms with van der Waals surface area (Å²) in [5.41, 5.74) is -0.144. The molecule has 0 saturated carbocycles. The monoisotopic (exact) mass is 198 g/mol. The van der Waals surface area contributed by atoms with Crippen molar-refractivity contribution in [1.29, 1.82) is 0 Å². The van der Waals surface area contributed by atoms with Crippen molar-refractivity contribution in [3.63, 3.8) is 0 Å². The fourth-order valence-corrected chi connectivity index (χ4v) is 1.97. The number of carbonyl (C=O) groups is 1. The molecule has 0 bridgehead atoms. The molecule has 1 aliphatic heterocycles. The number of carbonyl (C=O) groups excluding carboxylic acids is 1. The zero-order chi connectivity index (χ0) is 10.6. The minimum Gasteiger partial charge on any atom is -0.335 e. The molecule has 0 amide bonds. The molecule has 0 spiro atoms. The molecule has 0 atom stereocenters. The summed E-state index contributed by atoms with van der Waals surface area (Å²) in [4.78, 5) is 13.3. The highest BCUT2D eigenvalue weighted by Gasteiger charge is 2.23. The van der Waals surface area contributed by atoms with Crippen molar-refractivity contribution >= 4 is 5.78 Å². The molecule has 0 aromatic heterocycles. The van der Waals surface area contributed by atoms with Crippen LogP contribution < -0.4 is 4.90 Å². The summed E-state index contributed by atoms with van der Waals surface area (Å²) in [6, 6.07) is 0. The molecule has 14 heavy (non-hydrogen) atoms. The fraction of sp³-hybridized carbons (Fsp3) is 0.917. The van der Waals surface area contributed by atoms with Gasteiger partial charge in [0.05, 0.1) is 26.1 Å². The van der Waals surface area contributed by atoms with E-state index >= 15 is 0 Å². The van der Waals surface area contributed by atoms with Crippen molar-refractivity contribution in [3.05, 3.63) is 0 Å². The molecule has 0 aromatic rings. The first-order valence-corrected chi connectivity index (χ1v) is 5.87. The smallest absolute Gasteiger partial charge is 0.143 e. The second kappa shape index (κ2) is 4.92.